The average molecular weight is 445 g/mol. The van der Waals surface area contributed by atoms with Crippen molar-refractivity contribution in [2.45, 2.75) is 11.8 Å². The maximum Gasteiger partial charge on any atom is 0.418 e. The van der Waals surface area contributed by atoms with Crippen LogP contribution in [-0.4, -0.2) is 16.8 Å². The highest BCUT2D eigenvalue weighted by Crippen LogP contribution is 2.50. The van der Waals surface area contributed by atoms with E-state index < -0.39 is 34.9 Å². The van der Waals surface area contributed by atoms with Crippen LogP contribution in [0.1, 0.15) is 21.5 Å². The van der Waals surface area contributed by atoms with Gasteiger partial charge in [-0.25, -0.2) is 4.98 Å². The second-order valence-corrected chi connectivity index (χ2v) is 7.47. The number of hydrogen-bond acceptors (Lipinski definition) is 4. The van der Waals surface area contributed by atoms with Gasteiger partial charge in [0, 0.05) is 17.4 Å². The zero-order chi connectivity index (χ0) is 22.0. The van der Waals surface area contributed by atoms with Gasteiger partial charge in [-0.2, -0.15) is 13.2 Å². The summed E-state index contributed by atoms with van der Waals surface area (Å²) in [5.41, 5.74) is -2.85. The van der Waals surface area contributed by atoms with Gasteiger partial charge in [0.25, 0.3) is 11.8 Å². The molecule has 0 aliphatic carbocycles. The number of nitrogens with zero attached hydrogens (tertiary/aromatic N) is 2. The summed E-state index contributed by atoms with van der Waals surface area (Å²) in [6.07, 6.45) is -3.41. The molecule has 6 nitrogen and oxygen atoms in total. The van der Waals surface area contributed by atoms with Crippen LogP contribution < -0.4 is 15.5 Å². The van der Waals surface area contributed by atoms with Gasteiger partial charge in [0.2, 0.25) is 5.66 Å². The summed E-state index contributed by atoms with van der Waals surface area (Å²) in [4.78, 5) is 32.0. The van der Waals surface area contributed by atoms with Crippen LogP contribution in [0.4, 0.5) is 30.4 Å². The van der Waals surface area contributed by atoms with Crippen molar-refractivity contribution in [3.8, 4) is 0 Å². The van der Waals surface area contributed by atoms with E-state index in [1.807, 2.05) is 0 Å². The summed E-state index contributed by atoms with van der Waals surface area (Å²) >= 11 is 5.91. The first kappa shape index (κ1) is 19.4. The third kappa shape index (κ3) is 2.70. The first-order valence-electron chi connectivity index (χ1n) is 9.09. The van der Waals surface area contributed by atoms with E-state index in [9.17, 15) is 22.8 Å². The molecule has 0 saturated heterocycles. The van der Waals surface area contributed by atoms with Crippen LogP contribution in [0.25, 0.3) is 0 Å². The molecule has 3 heterocycles. The number of rotatable bonds is 1. The van der Waals surface area contributed by atoms with Crippen LogP contribution in [0.5, 0.6) is 0 Å². The number of aromatic nitrogens is 1. The minimum atomic E-state index is -4.70. The molecule has 2 aliphatic rings. The van der Waals surface area contributed by atoms with Crippen molar-refractivity contribution >= 4 is 40.6 Å². The summed E-state index contributed by atoms with van der Waals surface area (Å²) in [5.74, 6) is -1.37. The van der Waals surface area contributed by atoms with E-state index in [0.29, 0.717) is 10.7 Å². The Morgan fingerprint density at radius 1 is 1.00 bits per heavy atom. The maximum atomic E-state index is 13.6. The predicted octanol–water partition coefficient (Wildman–Crippen LogP) is 4.63. The van der Waals surface area contributed by atoms with Crippen LogP contribution in [0.15, 0.2) is 60.8 Å². The molecule has 0 bridgehead atoms. The number of halogens is 4. The van der Waals surface area contributed by atoms with Crippen molar-refractivity contribution in [1.82, 2.24) is 4.98 Å². The summed E-state index contributed by atoms with van der Waals surface area (Å²) in [7, 11) is 0. The molecule has 156 valence electrons. The Labute approximate surface area is 178 Å². The molecule has 2 aliphatic heterocycles. The average Bonchev–Trinajstić information content (AvgIpc) is 3.00. The van der Waals surface area contributed by atoms with Crippen molar-refractivity contribution < 1.29 is 22.8 Å². The fourth-order valence-electron chi connectivity index (χ4n) is 3.98. The number of hydrogen-bond donors (Lipinski definition) is 2. The third-order valence-electron chi connectivity index (χ3n) is 5.28. The largest absolute Gasteiger partial charge is 0.418 e. The Hall–Kier alpha value is -3.59. The normalized spacial score (nSPS) is 19.7. The Bertz CT molecular complexity index is 1250. The Kier molecular flexibility index (Phi) is 4.03. The molecule has 2 N–H and O–H groups in total. The van der Waals surface area contributed by atoms with Gasteiger partial charge in [0.15, 0.2) is 0 Å². The summed E-state index contributed by atoms with van der Waals surface area (Å²) < 4.78 is 40.9. The number of benzene rings is 2. The number of para-hydroxylation sites is 2. The minimum absolute atomic E-state index is 0.0353. The van der Waals surface area contributed by atoms with Gasteiger partial charge in [-0.3, -0.25) is 14.5 Å². The van der Waals surface area contributed by atoms with Crippen molar-refractivity contribution in [3.05, 3.63) is 82.5 Å². The quantitative estimate of drug-likeness (QED) is 0.574. The second-order valence-electron chi connectivity index (χ2n) is 7.04. The van der Waals surface area contributed by atoms with Gasteiger partial charge in [0.05, 0.1) is 21.8 Å². The summed E-state index contributed by atoms with van der Waals surface area (Å²) in [5, 5.41) is 5.63. The molecule has 3 aromatic rings. The predicted molar refractivity (Wildman–Crippen MR) is 108 cm³/mol. The molecule has 1 atom stereocenters. The molecule has 1 spiro atoms. The van der Waals surface area contributed by atoms with E-state index >= 15 is 0 Å². The lowest BCUT2D eigenvalue weighted by Gasteiger charge is -2.43. The van der Waals surface area contributed by atoms with Crippen LogP contribution in [0, 0.1) is 0 Å². The lowest BCUT2D eigenvalue weighted by atomic mass is 9.91. The Morgan fingerprint density at radius 3 is 2.48 bits per heavy atom. The van der Waals surface area contributed by atoms with Crippen LogP contribution in [-0.2, 0) is 16.6 Å². The number of carbonyl (C=O) groups excluding carboxylic acids is 2. The number of amides is 2. The minimum Gasteiger partial charge on any atom is -0.350 e. The molecular weight excluding hydrogens is 433 g/mol. The number of pyridine rings is 1. The van der Waals surface area contributed by atoms with E-state index in [1.165, 1.54) is 30.5 Å². The molecular formula is C21H12ClF3N4O2. The standard InChI is InChI=1S/C21H12ClF3N4O2/c22-11-8-9-16(26-10-11)29-18(30)12-4-1-2-7-15(12)28-20(29)13-5-3-6-14(21(23,24)25)17(13)27-19(20)31/h1-10,28H,(H,27,31)/t20-/m0/s1. The Morgan fingerprint density at radius 2 is 1.77 bits per heavy atom. The fourth-order valence-corrected chi connectivity index (χ4v) is 4.09. The van der Waals surface area contributed by atoms with Crippen molar-refractivity contribution in [2.24, 2.45) is 0 Å². The smallest absolute Gasteiger partial charge is 0.350 e. The molecule has 0 radical (unpaired) electrons. The van der Waals surface area contributed by atoms with E-state index in [-0.39, 0.29) is 16.9 Å². The van der Waals surface area contributed by atoms with Gasteiger partial charge in [-0.15, -0.1) is 0 Å². The van der Waals surface area contributed by atoms with Crippen LogP contribution >= 0.6 is 11.6 Å². The first-order chi connectivity index (χ1) is 14.7. The molecule has 2 aromatic carbocycles. The summed E-state index contributed by atoms with van der Waals surface area (Å²) in [6.45, 7) is 0. The number of fused-ring (bicyclic) bond motifs is 3. The Balaban J connectivity index is 1.82. The number of nitrogens with one attached hydrogen (secondary N) is 2. The molecule has 10 heteroatoms. The number of alkyl halides is 3. The molecule has 2 amide bonds. The van der Waals surface area contributed by atoms with Gasteiger partial charge in [-0.1, -0.05) is 35.9 Å². The van der Waals surface area contributed by atoms with Gasteiger partial charge in [-0.05, 0) is 30.3 Å². The second kappa shape index (κ2) is 6.45. The zero-order valence-corrected chi connectivity index (χ0v) is 16.3. The molecule has 1 aromatic heterocycles. The highest BCUT2D eigenvalue weighted by molar-refractivity contribution is 6.30. The van der Waals surface area contributed by atoms with Gasteiger partial charge < -0.3 is 10.6 Å². The molecule has 0 saturated carbocycles. The van der Waals surface area contributed by atoms with Crippen molar-refractivity contribution in [1.29, 1.82) is 0 Å². The van der Waals surface area contributed by atoms with Gasteiger partial charge >= 0.3 is 6.18 Å². The van der Waals surface area contributed by atoms with Crippen molar-refractivity contribution in [2.75, 3.05) is 15.5 Å². The number of anilines is 3. The molecule has 0 fully saturated rings. The van der Waals surface area contributed by atoms with E-state index in [0.717, 1.165) is 11.0 Å². The molecule has 0 unspecified atom stereocenters. The lowest BCUT2D eigenvalue weighted by molar-refractivity contribution is -0.136. The lowest BCUT2D eigenvalue weighted by Crippen LogP contribution is -2.62. The molecule has 31 heavy (non-hydrogen) atoms. The third-order valence-corrected chi connectivity index (χ3v) is 5.50. The van der Waals surface area contributed by atoms with E-state index in [2.05, 4.69) is 15.6 Å². The number of carbonyl (C=O) groups is 2. The monoisotopic (exact) mass is 444 g/mol. The zero-order valence-electron chi connectivity index (χ0n) is 15.5. The SMILES string of the molecule is O=C1c2ccccc2N[C@]2(C(=O)Nc3c(C(F)(F)F)cccc32)N1c1ccc(Cl)cn1. The van der Waals surface area contributed by atoms with Gasteiger partial charge in [0.1, 0.15) is 5.82 Å². The van der Waals surface area contributed by atoms with Crippen molar-refractivity contribution in [3.63, 3.8) is 0 Å². The summed E-state index contributed by atoms with van der Waals surface area (Å²) in [6, 6.07) is 12.8. The highest BCUT2D eigenvalue weighted by atomic mass is 35.5. The maximum absolute atomic E-state index is 13.6. The fraction of sp³-hybridized carbons (Fsp3) is 0.0952. The van der Waals surface area contributed by atoms with E-state index in [1.54, 1.807) is 24.3 Å². The van der Waals surface area contributed by atoms with Crippen LogP contribution in [0.2, 0.25) is 5.02 Å². The topological polar surface area (TPSA) is 74.3 Å². The molecule has 5 rings (SSSR count). The van der Waals surface area contributed by atoms with E-state index in [4.69, 9.17) is 11.6 Å². The first-order valence-corrected chi connectivity index (χ1v) is 9.47. The highest BCUT2D eigenvalue weighted by Gasteiger charge is 2.59. The van der Waals surface area contributed by atoms with Crippen LogP contribution in [0.3, 0.4) is 0 Å².